The summed E-state index contributed by atoms with van der Waals surface area (Å²) in [4.78, 5) is 13.5. The van der Waals surface area contributed by atoms with Crippen LogP contribution in [0.15, 0.2) is 16.7 Å². The molecular formula is C11H14N2O3. The van der Waals surface area contributed by atoms with Crippen LogP contribution in [0.2, 0.25) is 0 Å². The molecule has 0 radical (unpaired) electrons. The Balaban J connectivity index is 2.10. The van der Waals surface area contributed by atoms with Crippen molar-refractivity contribution in [1.29, 1.82) is 0 Å². The zero-order valence-corrected chi connectivity index (χ0v) is 9.06. The molecule has 1 fully saturated rings. The third-order valence-electron chi connectivity index (χ3n) is 3.68. The van der Waals surface area contributed by atoms with E-state index < -0.39 is 11.5 Å². The number of furan rings is 1. The molecule has 0 unspecified atom stereocenters. The van der Waals surface area contributed by atoms with Crippen LogP contribution in [-0.2, 0) is 11.3 Å². The average Bonchev–Trinajstić information content (AvgIpc) is 2.79. The fourth-order valence-corrected chi connectivity index (χ4v) is 2.90. The SMILES string of the molecule is CN1C[C@@H]2c3occc3CN[C@]2(C(=O)O)C1. The van der Waals surface area contributed by atoms with Crippen molar-refractivity contribution in [1.82, 2.24) is 10.2 Å². The molecule has 0 saturated carbocycles. The summed E-state index contributed by atoms with van der Waals surface area (Å²) in [6.45, 7) is 1.81. The first-order chi connectivity index (χ1) is 7.63. The van der Waals surface area contributed by atoms with E-state index in [1.54, 1.807) is 6.26 Å². The number of carboxylic acid groups (broad SMARTS) is 1. The maximum atomic E-state index is 11.5. The molecule has 0 aliphatic carbocycles. The van der Waals surface area contributed by atoms with Gasteiger partial charge in [0.05, 0.1) is 12.2 Å². The van der Waals surface area contributed by atoms with E-state index in [2.05, 4.69) is 5.32 Å². The fourth-order valence-electron chi connectivity index (χ4n) is 2.90. The molecule has 1 saturated heterocycles. The molecule has 2 aliphatic heterocycles. The molecule has 2 aliphatic rings. The van der Waals surface area contributed by atoms with Crippen LogP contribution in [0, 0.1) is 0 Å². The lowest BCUT2D eigenvalue weighted by atomic mass is 9.81. The van der Waals surface area contributed by atoms with Gasteiger partial charge in [0.2, 0.25) is 0 Å². The van der Waals surface area contributed by atoms with Gasteiger partial charge in [-0.1, -0.05) is 0 Å². The number of fused-ring (bicyclic) bond motifs is 3. The molecule has 1 aromatic rings. The zero-order valence-electron chi connectivity index (χ0n) is 9.06. The van der Waals surface area contributed by atoms with Crippen LogP contribution in [0.1, 0.15) is 17.2 Å². The van der Waals surface area contributed by atoms with Gasteiger partial charge in [0.25, 0.3) is 0 Å². The quantitative estimate of drug-likeness (QED) is 0.712. The second-order valence-electron chi connectivity index (χ2n) is 4.69. The number of aliphatic carboxylic acids is 1. The van der Waals surface area contributed by atoms with E-state index in [-0.39, 0.29) is 5.92 Å². The van der Waals surface area contributed by atoms with E-state index in [0.29, 0.717) is 13.1 Å². The van der Waals surface area contributed by atoms with E-state index in [1.165, 1.54) is 0 Å². The zero-order chi connectivity index (χ0) is 11.3. The molecule has 5 nitrogen and oxygen atoms in total. The summed E-state index contributed by atoms with van der Waals surface area (Å²) < 4.78 is 5.46. The first-order valence-electron chi connectivity index (χ1n) is 5.37. The Hall–Kier alpha value is -1.33. The number of carboxylic acids is 1. The Kier molecular flexibility index (Phi) is 1.90. The Morgan fingerprint density at radius 1 is 1.75 bits per heavy atom. The van der Waals surface area contributed by atoms with Gasteiger partial charge < -0.3 is 14.4 Å². The fraction of sp³-hybridized carbons (Fsp3) is 0.545. The molecule has 0 spiro atoms. The number of hydrogen-bond donors (Lipinski definition) is 2. The van der Waals surface area contributed by atoms with E-state index in [0.717, 1.165) is 17.9 Å². The Morgan fingerprint density at radius 2 is 2.56 bits per heavy atom. The minimum atomic E-state index is -0.875. The Labute approximate surface area is 93.0 Å². The van der Waals surface area contributed by atoms with Crippen molar-refractivity contribution in [3.05, 3.63) is 23.7 Å². The maximum absolute atomic E-state index is 11.5. The lowest BCUT2D eigenvalue weighted by Crippen LogP contribution is -2.58. The average molecular weight is 222 g/mol. The molecule has 0 aromatic carbocycles. The second-order valence-corrected chi connectivity index (χ2v) is 4.69. The number of likely N-dealkylation sites (N-methyl/N-ethyl adjacent to an activating group) is 1. The van der Waals surface area contributed by atoms with Crippen molar-refractivity contribution in [3.8, 4) is 0 Å². The van der Waals surface area contributed by atoms with Gasteiger partial charge in [-0.05, 0) is 13.1 Å². The third kappa shape index (κ3) is 1.10. The summed E-state index contributed by atoms with van der Waals surface area (Å²) in [6.07, 6.45) is 1.64. The summed E-state index contributed by atoms with van der Waals surface area (Å²) in [6, 6.07) is 1.91. The van der Waals surface area contributed by atoms with Gasteiger partial charge >= 0.3 is 5.97 Å². The normalized spacial score (nSPS) is 33.4. The Morgan fingerprint density at radius 3 is 3.31 bits per heavy atom. The highest BCUT2D eigenvalue weighted by Crippen LogP contribution is 2.41. The van der Waals surface area contributed by atoms with E-state index in [4.69, 9.17) is 4.42 Å². The number of nitrogens with zero attached hydrogens (tertiary/aromatic N) is 1. The van der Waals surface area contributed by atoms with Crippen LogP contribution in [0.25, 0.3) is 0 Å². The molecule has 2 atom stereocenters. The van der Waals surface area contributed by atoms with E-state index in [9.17, 15) is 9.90 Å². The molecule has 3 heterocycles. The van der Waals surface area contributed by atoms with Crippen LogP contribution in [0.3, 0.4) is 0 Å². The van der Waals surface area contributed by atoms with Crippen molar-refractivity contribution >= 4 is 5.97 Å². The lowest BCUT2D eigenvalue weighted by molar-refractivity contribution is -0.145. The minimum Gasteiger partial charge on any atom is -0.480 e. The van der Waals surface area contributed by atoms with Crippen LogP contribution in [0.4, 0.5) is 0 Å². The van der Waals surface area contributed by atoms with Crippen LogP contribution >= 0.6 is 0 Å². The van der Waals surface area contributed by atoms with Crippen molar-refractivity contribution < 1.29 is 14.3 Å². The third-order valence-corrected chi connectivity index (χ3v) is 3.68. The van der Waals surface area contributed by atoms with Crippen molar-refractivity contribution in [2.24, 2.45) is 0 Å². The van der Waals surface area contributed by atoms with Gasteiger partial charge in [-0.2, -0.15) is 0 Å². The largest absolute Gasteiger partial charge is 0.480 e. The highest BCUT2D eigenvalue weighted by atomic mass is 16.4. The van der Waals surface area contributed by atoms with Gasteiger partial charge in [0, 0.05) is 25.2 Å². The predicted octanol–water partition coefficient (Wildman–Crippen LogP) is 0.235. The first-order valence-corrected chi connectivity index (χ1v) is 5.37. The smallest absolute Gasteiger partial charge is 0.326 e. The van der Waals surface area contributed by atoms with Gasteiger partial charge in [-0.3, -0.25) is 10.1 Å². The number of rotatable bonds is 1. The van der Waals surface area contributed by atoms with Gasteiger partial charge in [0.15, 0.2) is 0 Å². The lowest BCUT2D eigenvalue weighted by Gasteiger charge is -2.34. The van der Waals surface area contributed by atoms with E-state index in [1.807, 2.05) is 18.0 Å². The first kappa shape index (κ1) is 9.86. The summed E-state index contributed by atoms with van der Waals surface area (Å²) in [7, 11) is 1.94. The van der Waals surface area contributed by atoms with Crippen LogP contribution < -0.4 is 5.32 Å². The molecular weight excluding hydrogens is 208 g/mol. The number of nitrogens with one attached hydrogen (secondary N) is 1. The number of hydrogen-bond acceptors (Lipinski definition) is 4. The number of likely N-dealkylation sites (tertiary alicyclic amines) is 1. The molecule has 1 aromatic heterocycles. The molecule has 3 rings (SSSR count). The monoisotopic (exact) mass is 222 g/mol. The van der Waals surface area contributed by atoms with Gasteiger partial charge in [-0.15, -0.1) is 0 Å². The van der Waals surface area contributed by atoms with Crippen molar-refractivity contribution in [3.63, 3.8) is 0 Å². The van der Waals surface area contributed by atoms with E-state index >= 15 is 0 Å². The molecule has 2 N–H and O–H groups in total. The van der Waals surface area contributed by atoms with Gasteiger partial charge in [0.1, 0.15) is 11.3 Å². The predicted molar refractivity (Wildman–Crippen MR) is 56.2 cm³/mol. The van der Waals surface area contributed by atoms with Crippen molar-refractivity contribution in [2.45, 2.75) is 18.0 Å². The van der Waals surface area contributed by atoms with Crippen molar-refractivity contribution in [2.75, 3.05) is 20.1 Å². The van der Waals surface area contributed by atoms with Gasteiger partial charge in [-0.25, -0.2) is 0 Å². The molecule has 0 amide bonds. The van der Waals surface area contributed by atoms with Crippen LogP contribution in [0.5, 0.6) is 0 Å². The standard InChI is InChI=1S/C11H14N2O3/c1-13-5-8-9-7(2-3-16-9)4-12-11(8,6-13)10(14)15/h2-3,8,12H,4-6H2,1H3,(H,14,15)/t8-,11-/m1/s1. The maximum Gasteiger partial charge on any atom is 0.326 e. The second kappa shape index (κ2) is 3.09. The molecule has 0 bridgehead atoms. The summed E-state index contributed by atoms with van der Waals surface area (Å²) in [5.41, 5.74) is 0.205. The summed E-state index contributed by atoms with van der Waals surface area (Å²) >= 11 is 0. The highest BCUT2D eigenvalue weighted by molar-refractivity contribution is 5.82. The Bertz CT molecular complexity index is 442. The van der Waals surface area contributed by atoms with Crippen LogP contribution in [-0.4, -0.2) is 41.7 Å². The molecule has 86 valence electrons. The summed E-state index contributed by atoms with van der Waals surface area (Å²) in [5.74, 6) is -0.0387. The molecule has 16 heavy (non-hydrogen) atoms. The molecule has 5 heteroatoms. The topological polar surface area (TPSA) is 65.7 Å². The number of carbonyl (C=O) groups is 1. The highest BCUT2D eigenvalue weighted by Gasteiger charge is 2.55. The minimum absolute atomic E-state index is 0.0891. The summed E-state index contributed by atoms with van der Waals surface area (Å²) in [5, 5.41) is 12.6.